The van der Waals surface area contributed by atoms with Crippen LogP contribution in [0, 0.1) is 0 Å². The van der Waals surface area contributed by atoms with Gasteiger partial charge in [0.1, 0.15) is 0 Å². The lowest BCUT2D eigenvalue weighted by molar-refractivity contribution is -0.147. The van der Waals surface area contributed by atoms with Crippen LogP contribution < -0.4 is 0 Å². The van der Waals surface area contributed by atoms with Crippen LogP contribution in [0.25, 0.3) is 0 Å². The van der Waals surface area contributed by atoms with Gasteiger partial charge in [0.05, 0.1) is 18.8 Å². The highest BCUT2D eigenvalue weighted by Gasteiger charge is 2.46. The Hall–Kier alpha value is -0.710. The first-order valence-corrected chi connectivity index (χ1v) is 5.20. The molecule has 4 nitrogen and oxygen atoms in total. The van der Waals surface area contributed by atoms with Crippen molar-refractivity contribution in [2.75, 3.05) is 6.61 Å². The van der Waals surface area contributed by atoms with Gasteiger partial charge in [-0.05, 0) is 26.7 Å². The zero-order valence-corrected chi connectivity index (χ0v) is 8.99. The van der Waals surface area contributed by atoms with Gasteiger partial charge in [-0.2, -0.15) is 0 Å². The second-order valence-electron chi connectivity index (χ2n) is 4.60. The minimum Gasteiger partial charge on any atom is -0.389 e. The summed E-state index contributed by atoms with van der Waals surface area (Å²) in [6, 6.07) is 0. The normalized spacial score (nSPS) is 41.7. The van der Waals surface area contributed by atoms with Crippen LogP contribution in [0.4, 0.5) is 0 Å². The van der Waals surface area contributed by atoms with E-state index in [1.807, 2.05) is 6.92 Å². The highest BCUT2D eigenvalue weighted by Crippen LogP contribution is 2.35. The van der Waals surface area contributed by atoms with Crippen molar-refractivity contribution in [3.63, 3.8) is 0 Å². The van der Waals surface area contributed by atoms with Crippen molar-refractivity contribution >= 4 is 5.78 Å². The number of carbonyl (C=O) groups excluding carboxylic acids is 1. The standard InChI is InChI=1S/C11H16O4/c1-6-3-7-4-9(12)11(2,14)10(13)8(7)5-15-6/h6,9,12,14H,3-5H2,1-2H3. The predicted molar refractivity (Wildman–Crippen MR) is 53.3 cm³/mol. The monoisotopic (exact) mass is 212 g/mol. The summed E-state index contributed by atoms with van der Waals surface area (Å²) in [5.41, 5.74) is -0.149. The van der Waals surface area contributed by atoms with E-state index in [-0.39, 0.29) is 18.5 Å². The molecule has 1 aliphatic heterocycles. The molecule has 4 heteroatoms. The van der Waals surface area contributed by atoms with Gasteiger partial charge >= 0.3 is 0 Å². The number of ketones is 1. The molecule has 0 spiro atoms. The lowest BCUT2D eigenvalue weighted by Crippen LogP contribution is -2.52. The summed E-state index contributed by atoms with van der Waals surface area (Å²) in [7, 11) is 0. The van der Waals surface area contributed by atoms with E-state index >= 15 is 0 Å². The molecular weight excluding hydrogens is 196 g/mol. The molecule has 2 rings (SSSR count). The Labute approximate surface area is 88.6 Å². The van der Waals surface area contributed by atoms with Gasteiger partial charge < -0.3 is 14.9 Å². The molecule has 0 saturated carbocycles. The van der Waals surface area contributed by atoms with Gasteiger partial charge in [-0.3, -0.25) is 4.79 Å². The number of aliphatic hydroxyl groups excluding tert-OH is 1. The molecule has 0 aromatic carbocycles. The first-order valence-electron chi connectivity index (χ1n) is 5.20. The Morgan fingerprint density at radius 1 is 1.47 bits per heavy atom. The molecule has 0 bridgehead atoms. The van der Waals surface area contributed by atoms with Crippen molar-refractivity contribution in [3.05, 3.63) is 11.1 Å². The fraction of sp³-hybridized carbons (Fsp3) is 0.727. The molecule has 0 fully saturated rings. The van der Waals surface area contributed by atoms with Crippen molar-refractivity contribution in [3.8, 4) is 0 Å². The Kier molecular flexibility index (Phi) is 2.45. The zero-order valence-electron chi connectivity index (χ0n) is 8.99. The number of rotatable bonds is 0. The predicted octanol–water partition coefficient (Wildman–Crippen LogP) is 0.176. The second-order valence-corrected chi connectivity index (χ2v) is 4.60. The van der Waals surface area contributed by atoms with Crippen molar-refractivity contribution in [2.45, 2.75) is 44.5 Å². The molecule has 0 amide bonds. The van der Waals surface area contributed by atoms with Gasteiger partial charge in [0.2, 0.25) is 0 Å². The Balaban J connectivity index is 2.35. The van der Waals surface area contributed by atoms with Gasteiger partial charge in [-0.25, -0.2) is 0 Å². The quantitative estimate of drug-likeness (QED) is 0.601. The van der Waals surface area contributed by atoms with Gasteiger partial charge in [0.15, 0.2) is 11.4 Å². The molecule has 0 aromatic heterocycles. The van der Waals surface area contributed by atoms with Gasteiger partial charge in [0, 0.05) is 5.57 Å². The maximum atomic E-state index is 11.9. The first-order chi connectivity index (χ1) is 6.93. The smallest absolute Gasteiger partial charge is 0.195 e. The SMILES string of the molecule is CC1CC2=C(CO1)C(=O)C(C)(O)C(O)C2. The van der Waals surface area contributed by atoms with Crippen LogP contribution >= 0.6 is 0 Å². The van der Waals surface area contributed by atoms with E-state index in [1.54, 1.807) is 0 Å². The van der Waals surface area contributed by atoms with Crippen LogP contribution in [0.2, 0.25) is 0 Å². The number of Topliss-reactive ketones (excluding diaryl/α,β-unsaturated/α-hetero) is 1. The number of hydrogen-bond donors (Lipinski definition) is 2. The summed E-state index contributed by atoms with van der Waals surface area (Å²) in [5.74, 6) is -0.386. The van der Waals surface area contributed by atoms with Crippen LogP contribution in [0.3, 0.4) is 0 Å². The second kappa shape index (κ2) is 3.40. The maximum absolute atomic E-state index is 11.9. The summed E-state index contributed by atoms with van der Waals surface area (Å²) in [6.07, 6.45) is 0.150. The van der Waals surface area contributed by atoms with E-state index in [0.717, 1.165) is 5.57 Å². The van der Waals surface area contributed by atoms with Gasteiger partial charge in [-0.15, -0.1) is 0 Å². The van der Waals surface area contributed by atoms with Crippen LogP contribution in [0.15, 0.2) is 11.1 Å². The molecular formula is C11H16O4. The third-order valence-corrected chi connectivity index (χ3v) is 3.30. The molecule has 0 saturated heterocycles. The molecule has 2 aliphatic rings. The first kappa shape index (κ1) is 10.8. The van der Waals surface area contributed by atoms with Crippen LogP contribution in [-0.4, -0.2) is 40.4 Å². The molecule has 15 heavy (non-hydrogen) atoms. The Morgan fingerprint density at radius 2 is 2.13 bits per heavy atom. The van der Waals surface area contributed by atoms with Crippen LogP contribution in [-0.2, 0) is 9.53 Å². The summed E-state index contributed by atoms with van der Waals surface area (Å²) >= 11 is 0. The third kappa shape index (κ3) is 1.62. The molecule has 2 N–H and O–H groups in total. The molecule has 0 aromatic rings. The lowest BCUT2D eigenvalue weighted by Gasteiger charge is -2.38. The van der Waals surface area contributed by atoms with Crippen molar-refractivity contribution in [1.82, 2.24) is 0 Å². The number of aliphatic hydroxyl groups is 2. The summed E-state index contributed by atoms with van der Waals surface area (Å²) in [4.78, 5) is 11.9. The molecule has 3 atom stereocenters. The van der Waals surface area contributed by atoms with Crippen molar-refractivity contribution < 1.29 is 19.7 Å². The topological polar surface area (TPSA) is 66.8 Å². The average molecular weight is 212 g/mol. The average Bonchev–Trinajstić information content (AvgIpc) is 2.15. The minimum atomic E-state index is -1.65. The number of carbonyl (C=O) groups is 1. The van der Waals surface area contributed by atoms with Crippen molar-refractivity contribution in [2.24, 2.45) is 0 Å². The van der Waals surface area contributed by atoms with E-state index in [0.29, 0.717) is 18.4 Å². The van der Waals surface area contributed by atoms with E-state index in [1.165, 1.54) is 6.92 Å². The fourth-order valence-corrected chi connectivity index (χ4v) is 2.18. The zero-order chi connectivity index (χ0) is 11.2. The van der Waals surface area contributed by atoms with E-state index in [4.69, 9.17) is 4.74 Å². The molecule has 3 unspecified atom stereocenters. The Bertz CT molecular complexity index is 329. The molecule has 84 valence electrons. The van der Waals surface area contributed by atoms with Crippen LogP contribution in [0.1, 0.15) is 26.7 Å². The number of hydrogen-bond acceptors (Lipinski definition) is 4. The Morgan fingerprint density at radius 3 is 2.80 bits per heavy atom. The lowest BCUT2D eigenvalue weighted by atomic mass is 9.76. The maximum Gasteiger partial charge on any atom is 0.195 e. The van der Waals surface area contributed by atoms with E-state index < -0.39 is 11.7 Å². The van der Waals surface area contributed by atoms with Crippen LogP contribution in [0.5, 0.6) is 0 Å². The van der Waals surface area contributed by atoms with E-state index in [2.05, 4.69) is 0 Å². The fourth-order valence-electron chi connectivity index (χ4n) is 2.18. The summed E-state index contributed by atoms with van der Waals surface area (Å²) < 4.78 is 5.37. The van der Waals surface area contributed by atoms with Crippen molar-refractivity contribution in [1.29, 1.82) is 0 Å². The van der Waals surface area contributed by atoms with Gasteiger partial charge in [0.25, 0.3) is 0 Å². The largest absolute Gasteiger partial charge is 0.389 e. The highest BCUT2D eigenvalue weighted by molar-refractivity contribution is 6.04. The summed E-state index contributed by atoms with van der Waals surface area (Å²) in [6.45, 7) is 3.56. The third-order valence-electron chi connectivity index (χ3n) is 3.30. The van der Waals surface area contributed by atoms with E-state index in [9.17, 15) is 15.0 Å². The molecule has 0 radical (unpaired) electrons. The number of ether oxygens (including phenoxy) is 1. The summed E-state index contributed by atoms with van der Waals surface area (Å²) in [5, 5.41) is 19.5. The van der Waals surface area contributed by atoms with Gasteiger partial charge in [-0.1, -0.05) is 5.57 Å². The minimum absolute atomic E-state index is 0.0896. The molecule has 1 aliphatic carbocycles. The molecule has 1 heterocycles. The highest BCUT2D eigenvalue weighted by atomic mass is 16.5.